The van der Waals surface area contributed by atoms with Crippen molar-refractivity contribution < 1.29 is 14.3 Å². The van der Waals surface area contributed by atoms with E-state index in [-0.39, 0.29) is 30.1 Å². The molecule has 0 heterocycles. The van der Waals surface area contributed by atoms with Crippen LogP contribution in [0.5, 0.6) is 5.75 Å². The van der Waals surface area contributed by atoms with Crippen LogP contribution < -0.4 is 21.1 Å². The molecule has 2 rings (SSSR count). The lowest BCUT2D eigenvalue weighted by Crippen LogP contribution is -2.47. The Bertz CT molecular complexity index is 738. The topological polar surface area (TPSA) is 93.5 Å². The summed E-state index contributed by atoms with van der Waals surface area (Å²) < 4.78 is 5.43. The first kappa shape index (κ1) is 23.5. The lowest BCUT2D eigenvalue weighted by atomic mass is 9.97. The standard InChI is InChI=1S/C21H27N3O3.ClH/c1-3-15(2)19(24-20(25)16-7-5-4-6-8-16)21(26)23-17-9-11-18(12-10-17)27-14-13-22;/h4-12,15,19H,3,13-14,22H2,1-2H3,(H,23,26)(H,24,25);1H. The van der Waals surface area contributed by atoms with Gasteiger partial charge in [-0.25, -0.2) is 0 Å². The number of benzene rings is 2. The number of nitrogens with one attached hydrogen (secondary N) is 2. The molecule has 0 aromatic heterocycles. The summed E-state index contributed by atoms with van der Waals surface area (Å²) in [4.78, 5) is 25.2. The SMILES string of the molecule is CCC(C)C(NC(=O)c1ccccc1)C(=O)Nc1ccc(OCCN)cc1.Cl. The van der Waals surface area contributed by atoms with Gasteiger partial charge in [0.2, 0.25) is 5.91 Å². The Balaban J connectivity index is 0.00000392. The number of anilines is 1. The van der Waals surface area contributed by atoms with Crippen molar-refractivity contribution in [3.63, 3.8) is 0 Å². The molecule has 0 aliphatic heterocycles. The molecule has 0 fully saturated rings. The van der Waals surface area contributed by atoms with Gasteiger partial charge < -0.3 is 21.1 Å². The molecule has 2 aromatic rings. The molecule has 0 bridgehead atoms. The van der Waals surface area contributed by atoms with Gasteiger partial charge in [-0.3, -0.25) is 9.59 Å². The van der Waals surface area contributed by atoms with Gasteiger partial charge in [0.25, 0.3) is 5.91 Å². The number of nitrogens with two attached hydrogens (primary N) is 1. The molecule has 0 aliphatic rings. The predicted molar refractivity (Wildman–Crippen MR) is 114 cm³/mol. The molecule has 0 aliphatic carbocycles. The molecule has 2 amide bonds. The lowest BCUT2D eigenvalue weighted by Gasteiger charge is -2.23. The maximum Gasteiger partial charge on any atom is 0.251 e. The minimum Gasteiger partial charge on any atom is -0.492 e. The van der Waals surface area contributed by atoms with E-state index in [4.69, 9.17) is 10.5 Å². The molecule has 0 saturated heterocycles. The largest absolute Gasteiger partial charge is 0.492 e. The summed E-state index contributed by atoms with van der Waals surface area (Å²) in [6.45, 7) is 4.81. The first-order valence-corrected chi connectivity index (χ1v) is 9.14. The number of halogens is 1. The first-order valence-electron chi connectivity index (χ1n) is 9.14. The van der Waals surface area contributed by atoms with Crippen molar-refractivity contribution in [1.29, 1.82) is 0 Å². The second kappa shape index (κ2) is 12.0. The molecular formula is C21H28ClN3O3. The van der Waals surface area contributed by atoms with Crippen LogP contribution >= 0.6 is 12.4 Å². The number of ether oxygens (including phenoxy) is 1. The molecule has 7 heteroatoms. The first-order chi connectivity index (χ1) is 13.0. The number of carbonyl (C=O) groups is 2. The van der Waals surface area contributed by atoms with Crippen molar-refractivity contribution in [2.24, 2.45) is 11.7 Å². The molecular weight excluding hydrogens is 378 g/mol. The van der Waals surface area contributed by atoms with Crippen molar-refractivity contribution in [1.82, 2.24) is 5.32 Å². The van der Waals surface area contributed by atoms with Gasteiger partial charge in [0, 0.05) is 17.8 Å². The van der Waals surface area contributed by atoms with E-state index in [0.717, 1.165) is 6.42 Å². The van der Waals surface area contributed by atoms with Gasteiger partial charge in [-0.1, -0.05) is 38.5 Å². The molecule has 2 aromatic carbocycles. The third kappa shape index (κ3) is 6.87. The molecule has 6 nitrogen and oxygen atoms in total. The number of amides is 2. The predicted octanol–water partition coefficient (Wildman–Crippen LogP) is 3.23. The van der Waals surface area contributed by atoms with E-state index in [1.165, 1.54) is 0 Å². The third-order valence-corrected chi connectivity index (χ3v) is 4.33. The fourth-order valence-corrected chi connectivity index (χ4v) is 2.55. The Hall–Kier alpha value is -2.57. The van der Waals surface area contributed by atoms with Crippen LogP contribution in [-0.2, 0) is 4.79 Å². The van der Waals surface area contributed by atoms with Gasteiger partial charge in [0.1, 0.15) is 18.4 Å². The highest BCUT2D eigenvalue weighted by Gasteiger charge is 2.26. The Morgan fingerprint density at radius 1 is 1.07 bits per heavy atom. The van der Waals surface area contributed by atoms with Crippen LogP contribution in [0, 0.1) is 5.92 Å². The molecule has 2 atom stereocenters. The van der Waals surface area contributed by atoms with Gasteiger partial charge >= 0.3 is 0 Å². The van der Waals surface area contributed by atoms with Crippen molar-refractivity contribution in [3.8, 4) is 5.75 Å². The quantitative estimate of drug-likeness (QED) is 0.597. The Kier molecular flexibility index (Phi) is 10.1. The van der Waals surface area contributed by atoms with Crippen molar-refractivity contribution >= 4 is 29.9 Å². The van der Waals surface area contributed by atoms with E-state index < -0.39 is 6.04 Å². The fraction of sp³-hybridized carbons (Fsp3) is 0.333. The van der Waals surface area contributed by atoms with E-state index in [0.29, 0.717) is 30.2 Å². The van der Waals surface area contributed by atoms with Crippen LogP contribution in [0.3, 0.4) is 0 Å². The smallest absolute Gasteiger partial charge is 0.251 e. The second-order valence-electron chi connectivity index (χ2n) is 6.35. The highest BCUT2D eigenvalue weighted by molar-refractivity contribution is 6.01. The minimum atomic E-state index is -0.629. The summed E-state index contributed by atoms with van der Waals surface area (Å²) in [5.41, 5.74) is 6.58. The van der Waals surface area contributed by atoms with Gasteiger partial charge in [0.15, 0.2) is 0 Å². The summed E-state index contributed by atoms with van der Waals surface area (Å²) >= 11 is 0. The van der Waals surface area contributed by atoms with Gasteiger partial charge in [-0.2, -0.15) is 0 Å². The summed E-state index contributed by atoms with van der Waals surface area (Å²) in [5.74, 6) is 0.171. The van der Waals surface area contributed by atoms with Crippen LogP contribution in [0.1, 0.15) is 30.6 Å². The minimum absolute atomic E-state index is 0. The normalized spacial score (nSPS) is 12.2. The number of rotatable bonds is 9. The number of carbonyl (C=O) groups excluding carboxylic acids is 2. The van der Waals surface area contributed by atoms with E-state index in [9.17, 15) is 9.59 Å². The van der Waals surface area contributed by atoms with Crippen LogP contribution in [0.15, 0.2) is 54.6 Å². The Labute approximate surface area is 172 Å². The van der Waals surface area contributed by atoms with Gasteiger partial charge in [-0.05, 0) is 42.3 Å². The lowest BCUT2D eigenvalue weighted by molar-refractivity contribution is -0.119. The van der Waals surface area contributed by atoms with Gasteiger partial charge in [-0.15, -0.1) is 12.4 Å². The Morgan fingerprint density at radius 2 is 1.71 bits per heavy atom. The highest BCUT2D eigenvalue weighted by atomic mass is 35.5. The molecule has 0 radical (unpaired) electrons. The Morgan fingerprint density at radius 3 is 2.29 bits per heavy atom. The maximum absolute atomic E-state index is 12.8. The van der Waals surface area contributed by atoms with Crippen LogP contribution in [-0.4, -0.2) is 31.0 Å². The summed E-state index contributed by atoms with van der Waals surface area (Å²) in [6, 6.07) is 15.3. The summed E-state index contributed by atoms with van der Waals surface area (Å²) in [5, 5.41) is 5.72. The maximum atomic E-state index is 12.8. The van der Waals surface area contributed by atoms with Crippen molar-refractivity contribution in [2.75, 3.05) is 18.5 Å². The fourth-order valence-electron chi connectivity index (χ4n) is 2.55. The zero-order valence-electron chi connectivity index (χ0n) is 16.2. The van der Waals surface area contributed by atoms with E-state index in [1.54, 1.807) is 48.5 Å². The van der Waals surface area contributed by atoms with E-state index in [2.05, 4.69) is 10.6 Å². The van der Waals surface area contributed by atoms with Gasteiger partial charge in [0.05, 0.1) is 0 Å². The van der Waals surface area contributed by atoms with E-state index >= 15 is 0 Å². The average molecular weight is 406 g/mol. The van der Waals surface area contributed by atoms with Crippen molar-refractivity contribution in [2.45, 2.75) is 26.3 Å². The second-order valence-corrected chi connectivity index (χ2v) is 6.35. The molecule has 2 unspecified atom stereocenters. The third-order valence-electron chi connectivity index (χ3n) is 4.33. The number of hydrogen-bond acceptors (Lipinski definition) is 4. The molecule has 152 valence electrons. The zero-order valence-corrected chi connectivity index (χ0v) is 17.0. The monoisotopic (exact) mass is 405 g/mol. The number of hydrogen-bond donors (Lipinski definition) is 3. The molecule has 4 N–H and O–H groups in total. The summed E-state index contributed by atoms with van der Waals surface area (Å²) in [6.07, 6.45) is 0.763. The molecule has 0 saturated carbocycles. The zero-order chi connectivity index (χ0) is 19.6. The van der Waals surface area contributed by atoms with E-state index in [1.807, 2.05) is 19.9 Å². The van der Waals surface area contributed by atoms with Crippen LogP contribution in [0.4, 0.5) is 5.69 Å². The van der Waals surface area contributed by atoms with Crippen molar-refractivity contribution in [3.05, 3.63) is 60.2 Å². The summed E-state index contributed by atoms with van der Waals surface area (Å²) in [7, 11) is 0. The average Bonchev–Trinajstić information content (AvgIpc) is 2.71. The van der Waals surface area contributed by atoms with Crippen LogP contribution in [0.2, 0.25) is 0 Å². The molecule has 0 spiro atoms. The highest BCUT2D eigenvalue weighted by Crippen LogP contribution is 2.17. The molecule has 28 heavy (non-hydrogen) atoms. The van der Waals surface area contributed by atoms with Crippen LogP contribution in [0.25, 0.3) is 0 Å².